The highest BCUT2D eigenvalue weighted by molar-refractivity contribution is 5.76. The van der Waals surface area contributed by atoms with Gasteiger partial charge in [0.25, 0.3) is 0 Å². The smallest absolute Gasteiger partial charge is 0.333 e. The first-order valence-electron chi connectivity index (χ1n) is 8.06. The lowest BCUT2D eigenvalue weighted by Gasteiger charge is -2.31. The molecule has 0 saturated carbocycles. The third kappa shape index (κ3) is 5.76. The van der Waals surface area contributed by atoms with E-state index in [0.29, 0.717) is 24.2 Å². The molecule has 0 bridgehead atoms. The molecule has 2 rings (SSSR count). The highest BCUT2D eigenvalue weighted by atomic mass is 19.4. The number of amides is 1. The molecule has 1 aromatic carbocycles. The van der Waals surface area contributed by atoms with Gasteiger partial charge in [-0.15, -0.1) is 0 Å². The Bertz CT molecular complexity index is 544. The molecule has 0 aromatic heterocycles. The number of alkyl halides is 3. The summed E-state index contributed by atoms with van der Waals surface area (Å²) in [4.78, 5) is 12.5. The third-order valence-corrected chi connectivity index (χ3v) is 3.78. The third-order valence-electron chi connectivity index (χ3n) is 3.78. The molecule has 136 valence electrons. The molecule has 1 heterocycles. The molecule has 1 aromatic rings. The lowest BCUT2D eigenvalue weighted by atomic mass is 9.90. The number of halogens is 5. The molecule has 1 saturated heterocycles. The fourth-order valence-electron chi connectivity index (χ4n) is 2.74. The molecule has 1 aliphatic rings. The molecule has 1 aliphatic heterocycles. The molecule has 1 amide bonds. The van der Waals surface area contributed by atoms with Gasteiger partial charge in [0.1, 0.15) is 6.54 Å². The molecule has 0 radical (unpaired) electrons. The predicted octanol–water partition coefficient (Wildman–Crippen LogP) is 5.04. The molecule has 7 heteroatoms. The van der Waals surface area contributed by atoms with Crippen LogP contribution >= 0.6 is 0 Å². The van der Waals surface area contributed by atoms with Crippen molar-refractivity contribution in [1.29, 1.82) is 0 Å². The Balaban J connectivity index is 0.00000139. The van der Waals surface area contributed by atoms with Crippen LogP contribution in [-0.4, -0.2) is 30.1 Å². The first kappa shape index (κ1) is 20.4. The Morgan fingerprint density at radius 3 is 2.46 bits per heavy atom. The van der Waals surface area contributed by atoms with Crippen molar-refractivity contribution in [2.45, 2.75) is 51.6 Å². The molecular formula is C17H22F5NO. The molecular weight excluding hydrogens is 329 g/mol. The zero-order chi connectivity index (χ0) is 18.3. The number of likely N-dealkylation sites (tertiary alicyclic amines) is 1. The Morgan fingerprint density at radius 2 is 1.83 bits per heavy atom. The molecule has 0 spiro atoms. The van der Waals surface area contributed by atoms with Gasteiger partial charge in [0.2, 0.25) is 5.91 Å². The molecule has 24 heavy (non-hydrogen) atoms. The minimum atomic E-state index is -4.51. The van der Waals surface area contributed by atoms with Crippen LogP contribution in [0.3, 0.4) is 0 Å². The van der Waals surface area contributed by atoms with Crippen molar-refractivity contribution in [3.05, 3.63) is 35.4 Å². The lowest BCUT2D eigenvalue weighted by molar-refractivity contribution is -0.162. The van der Waals surface area contributed by atoms with Crippen LogP contribution in [0.25, 0.3) is 0 Å². The summed E-state index contributed by atoms with van der Waals surface area (Å²) in [5, 5.41) is 0. The first-order valence-corrected chi connectivity index (χ1v) is 8.06. The van der Waals surface area contributed by atoms with E-state index in [1.807, 2.05) is 13.8 Å². The van der Waals surface area contributed by atoms with Gasteiger partial charge in [-0.1, -0.05) is 32.4 Å². The summed E-state index contributed by atoms with van der Waals surface area (Å²) < 4.78 is 65.0. The maximum absolute atomic E-state index is 13.9. The van der Waals surface area contributed by atoms with E-state index in [1.165, 1.54) is 12.1 Å². The summed E-state index contributed by atoms with van der Waals surface area (Å²) in [6, 6.07) is 3.64. The zero-order valence-electron chi connectivity index (χ0n) is 13.8. The minimum Gasteiger partial charge on any atom is -0.333 e. The van der Waals surface area contributed by atoms with Crippen LogP contribution in [-0.2, 0) is 4.79 Å². The summed E-state index contributed by atoms with van der Waals surface area (Å²) in [6.07, 6.45) is -3.01. The monoisotopic (exact) mass is 351 g/mol. The number of carbonyl (C=O) groups is 1. The summed E-state index contributed by atoms with van der Waals surface area (Å²) in [6.45, 7) is 2.39. The summed E-state index contributed by atoms with van der Waals surface area (Å²) in [7, 11) is 0. The maximum atomic E-state index is 13.9. The van der Waals surface area contributed by atoms with E-state index in [2.05, 4.69) is 0 Å². The Labute approximate surface area is 138 Å². The number of nitrogens with zero attached hydrogens (tertiary/aromatic N) is 1. The van der Waals surface area contributed by atoms with Gasteiger partial charge in [-0.2, -0.15) is 13.2 Å². The number of hydrogen-bond donors (Lipinski definition) is 0. The molecule has 1 atom stereocenters. The van der Waals surface area contributed by atoms with Crippen LogP contribution in [0.15, 0.2) is 18.2 Å². The second-order valence-electron chi connectivity index (χ2n) is 5.48. The van der Waals surface area contributed by atoms with Crippen LogP contribution in [0.4, 0.5) is 22.0 Å². The fourth-order valence-corrected chi connectivity index (χ4v) is 2.74. The number of carbonyl (C=O) groups excluding carboxylic acids is 1. The van der Waals surface area contributed by atoms with Gasteiger partial charge in [0.05, 0.1) is 0 Å². The van der Waals surface area contributed by atoms with E-state index in [1.54, 1.807) is 0 Å². The van der Waals surface area contributed by atoms with Crippen LogP contribution in [0.1, 0.15) is 51.0 Å². The SMILES string of the molecule is CC.O=C1CCCCC(c2cccc(F)c2F)CN1CC(F)(F)F. The Hall–Kier alpha value is -1.66. The van der Waals surface area contributed by atoms with Gasteiger partial charge >= 0.3 is 6.18 Å². The zero-order valence-corrected chi connectivity index (χ0v) is 13.8. The second kappa shape index (κ2) is 8.99. The highest BCUT2D eigenvalue weighted by Crippen LogP contribution is 2.30. The van der Waals surface area contributed by atoms with E-state index in [4.69, 9.17) is 0 Å². The van der Waals surface area contributed by atoms with E-state index in [9.17, 15) is 26.7 Å². The molecule has 1 fully saturated rings. The van der Waals surface area contributed by atoms with Gasteiger partial charge in [-0.05, 0) is 24.5 Å². The van der Waals surface area contributed by atoms with Crippen molar-refractivity contribution in [3.8, 4) is 0 Å². The van der Waals surface area contributed by atoms with E-state index in [-0.39, 0.29) is 18.5 Å². The minimum absolute atomic E-state index is 0.0295. The number of benzene rings is 1. The van der Waals surface area contributed by atoms with E-state index >= 15 is 0 Å². The topological polar surface area (TPSA) is 20.3 Å². The Kier molecular flexibility index (Phi) is 7.63. The highest BCUT2D eigenvalue weighted by Gasteiger charge is 2.35. The molecule has 0 aliphatic carbocycles. The van der Waals surface area contributed by atoms with Gasteiger partial charge in [0, 0.05) is 18.9 Å². The number of hydrogen-bond acceptors (Lipinski definition) is 1. The normalized spacial score (nSPS) is 19.2. The summed E-state index contributed by atoms with van der Waals surface area (Å²) in [5.74, 6) is -3.32. The van der Waals surface area contributed by atoms with Crippen molar-refractivity contribution in [1.82, 2.24) is 4.90 Å². The number of rotatable bonds is 2. The van der Waals surface area contributed by atoms with Gasteiger partial charge < -0.3 is 4.90 Å². The van der Waals surface area contributed by atoms with Crippen LogP contribution in [0.2, 0.25) is 0 Å². The summed E-state index contributed by atoms with van der Waals surface area (Å²) in [5.41, 5.74) is 0.0295. The van der Waals surface area contributed by atoms with Crippen LogP contribution < -0.4 is 0 Å². The van der Waals surface area contributed by atoms with Crippen molar-refractivity contribution < 1.29 is 26.7 Å². The average Bonchev–Trinajstić information content (AvgIpc) is 2.51. The van der Waals surface area contributed by atoms with Crippen molar-refractivity contribution in [2.75, 3.05) is 13.1 Å². The van der Waals surface area contributed by atoms with Crippen molar-refractivity contribution in [3.63, 3.8) is 0 Å². The van der Waals surface area contributed by atoms with Gasteiger partial charge in [-0.3, -0.25) is 4.79 Å². The van der Waals surface area contributed by atoms with Gasteiger partial charge in [-0.25, -0.2) is 8.78 Å². The van der Waals surface area contributed by atoms with Crippen LogP contribution in [0, 0.1) is 11.6 Å². The second-order valence-corrected chi connectivity index (χ2v) is 5.48. The fraction of sp³-hybridized carbons (Fsp3) is 0.588. The van der Waals surface area contributed by atoms with Gasteiger partial charge in [0.15, 0.2) is 11.6 Å². The largest absolute Gasteiger partial charge is 0.406 e. The summed E-state index contributed by atoms with van der Waals surface area (Å²) >= 11 is 0. The first-order chi connectivity index (χ1) is 11.3. The van der Waals surface area contributed by atoms with Crippen molar-refractivity contribution in [2.24, 2.45) is 0 Å². The van der Waals surface area contributed by atoms with E-state index < -0.39 is 36.2 Å². The standard InChI is InChI=1S/C15H16F5NO.C2H6/c16-12-6-3-5-11(14(12)17)10-4-1-2-7-13(22)21(8-10)9-15(18,19)20;1-2/h3,5-6,10H,1-2,4,7-9H2;1-2H3. The lowest BCUT2D eigenvalue weighted by Crippen LogP contribution is -2.42. The van der Waals surface area contributed by atoms with E-state index in [0.717, 1.165) is 6.07 Å². The molecule has 0 N–H and O–H groups in total. The average molecular weight is 351 g/mol. The molecule has 2 nitrogen and oxygen atoms in total. The van der Waals surface area contributed by atoms with Crippen molar-refractivity contribution >= 4 is 5.91 Å². The molecule has 1 unspecified atom stereocenters. The Morgan fingerprint density at radius 1 is 1.17 bits per heavy atom. The predicted molar refractivity (Wildman–Crippen MR) is 81.6 cm³/mol. The quantitative estimate of drug-likeness (QED) is 0.684. The van der Waals surface area contributed by atoms with Crippen LogP contribution in [0.5, 0.6) is 0 Å². The maximum Gasteiger partial charge on any atom is 0.406 e.